The number of alkyl halides is 3. The molecule has 0 saturated carbocycles. The maximum atomic E-state index is 12.8. The summed E-state index contributed by atoms with van der Waals surface area (Å²) < 4.78 is 39.8. The number of hydrogen-bond donors (Lipinski definition) is 0. The normalized spacial score (nSPS) is 13.1. The molecule has 0 unspecified atom stereocenters. The average Bonchev–Trinajstić information content (AvgIpc) is 2.63. The Labute approximate surface area is 151 Å². The SMILES string of the molecule is C[CH2][Ge]([CH2]C)([CH2]C)/[C](=C\c1ccc(C(F)(F)F)cc1)c1ccccc1. The van der Waals surface area contributed by atoms with Gasteiger partial charge in [0.2, 0.25) is 0 Å². The first-order valence-corrected chi connectivity index (χ1v) is 14.3. The monoisotopic (exact) mass is 408 g/mol. The molecule has 4 heteroatoms. The average molecular weight is 407 g/mol. The summed E-state index contributed by atoms with van der Waals surface area (Å²) in [5.74, 6) is 0. The van der Waals surface area contributed by atoms with Crippen molar-refractivity contribution in [1.29, 1.82) is 0 Å². The van der Waals surface area contributed by atoms with Crippen molar-refractivity contribution in [2.75, 3.05) is 0 Å². The molecule has 25 heavy (non-hydrogen) atoms. The van der Waals surface area contributed by atoms with Gasteiger partial charge in [-0.1, -0.05) is 0 Å². The predicted octanol–water partition coefficient (Wildman–Crippen LogP) is 7.29. The molecule has 0 nitrogen and oxygen atoms in total. The molecule has 2 aromatic rings. The van der Waals surface area contributed by atoms with E-state index < -0.39 is 25.0 Å². The zero-order valence-corrected chi connectivity index (χ0v) is 17.1. The van der Waals surface area contributed by atoms with Gasteiger partial charge in [-0.25, -0.2) is 0 Å². The second-order valence-electron chi connectivity index (χ2n) is 6.38. The third kappa shape index (κ3) is 4.57. The summed E-state index contributed by atoms with van der Waals surface area (Å²) in [6.07, 6.45) is -2.16. The van der Waals surface area contributed by atoms with Crippen LogP contribution in [-0.4, -0.2) is 13.3 Å². The number of benzene rings is 2. The van der Waals surface area contributed by atoms with Crippen LogP contribution in [0.15, 0.2) is 54.6 Å². The van der Waals surface area contributed by atoms with Gasteiger partial charge in [0.05, 0.1) is 0 Å². The first kappa shape index (κ1) is 19.8. The molecule has 0 fully saturated rings. The molecule has 0 bridgehead atoms. The van der Waals surface area contributed by atoms with Crippen molar-refractivity contribution in [2.45, 2.75) is 42.7 Å². The maximum absolute atomic E-state index is 12.8. The van der Waals surface area contributed by atoms with Crippen LogP contribution in [0.1, 0.15) is 37.5 Å². The van der Waals surface area contributed by atoms with E-state index in [4.69, 9.17) is 0 Å². The van der Waals surface area contributed by atoms with Crippen molar-refractivity contribution in [2.24, 2.45) is 0 Å². The van der Waals surface area contributed by atoms with E-state index in [-0.39, 0.29) is 0 Å². The quantitative estimate of drug-likeness (QED) is 0.349. The minimum absolute atomic E-state index is 0.597. The van der Waals surface area contributed by atoms with E-state index in [0.29, 0.717) is 0 Å². The van der Waals surface area contributed by atoms with E-state index in [1.54, 1.807) is 12.1 Å². The van der Waals surface area contributed by atoms with Gasteiger partial charge in [0, 0.05) is 0 Å². The Kier molecular flexibility index (Phi) is 6.55. The molecule has 0 radical (unpaired) electrons. The van der Waals surface area contributed by atoms with Crippen LogP contribution < -0.4 is 0 Å². The fourth-order valence-corrected chi connectivity index (χ4v) is 11.6. The number of halogens is 3. The van der Waals surface area contributed by atoms with Crippen LogP contribution in [0, 0.1) is 0 Å². The van der Waals surface area contributed by atoms with E-state index in [1.807, 2.05) is 18.2 Å². The van der Waals surface area contributed by atoms with Gasteiger partial charge in [-0.15, -0.1) is 0 Å². The Morgan fingerprint density at radius 3 is 1.80 bits per heavy atom. The van der Waals surface area contributed by atoms with Crippen LogP contribution in [-0.2, 0) is 6.18 Å². The van der Waals surface area contributed by atoms with Crippen LogP contribution >= 0.6 is 0 Å². The summed E-state index contributed by atoms with van der Waals surface area (Å²) in [7, 11) is 0. The topological polar surface area (TPSA) is 0 Å². The molecule has 0 N–H and O–H groups in total. The zero-order chi connectivity index (χ0) is 18.5. The Hall–Kier alpha value is -1.49. The van der Waals surface area contributed by atoms with Crippen LogP contribution in [0.3, 0.4) is 0 Å². The van der Waals surface area contributed by atoms with Crippen molar-refractivity contribution in [1.82, 2.24) is 0 Å². The van der Waals surface area contributed by atoms with Gasteiger partial charge in [-0.2, -0.15) is 0 Å². The van der Waals surface area contributed by atoms with E-state index in [9.17, 15) is 13.2 Å². The molecule has 0 saturated heterocycles. The molecule has 2 rings (SSSR count). The zero-order valence-electron chi connectivity index (χ0n) is 15.0. The third-order valence-electron chi connectivity index (χ3n) is 5.24. The van der Waals surface area contributed by atoms with Crippen LogP contribution in [0.25, 0.3) is 10.5 Å². The first-order valence-electron chi connectivity index (χ1n) is 8.81. The predicted molar refractivity (Wildman–Crippen MR) is 103 cm³/mol. The van der Waals surface area contributed by atoms with Crippen molar-refractivity contribution in [3.63, 3.8) is 0 Å². The molecule has 0 heterocycles. The van der Waals surface area contributed by atoms with Crippen LogP contribution in [0.2, 0.25) is 15.8 Å². The van der Waals surface area contributed by atoms with Gasteiger partial charge in [0.1, 0.15) is 0 Å². The second kappa shape index (κ2) is 8.26. The van der Waals surface area contributed by atoms with Gasteiger partial charge < -0.3 is 0 Å². The molecule has 134 valence electrons. The number of hydrogen-bond acceptors (Lipinski definition) is 0. The Morgan fingerprint density at radius 2 is 1.36 bits per heavy atom. The third-order valence-corrected chi connectivity index (χ3v) is 17.1. The standard InChI is InChI=1S/C21H25F3Ge/c1-4-25(5-2,6-3)20(18-10-8-7-9-11-18)16-17-12-14-19(15-13-17)21(22,23)24/h7-16H,4-6H2,1-3H3/b20-16-. The molecule has 0 aromatic heterocycles. The van der Waals surface area contributed by atoms with Crippen molar-refractivity contribution in [3.8, 4) is 0 Å². The van der Waals surface area contributed by atoms with E-state index >= 15 is 0 Å². The summed E-state index contributed by atoms with van der Waals surface area (Å²) >= 11 is -2.28. The molecule has 2 aromatic carbocycles. The molecular formula is C21H25F3Ge. The van der Waals surface area contributed by atoms with E-state index in [0.717, 1.165) is 5.56 Å². The molecule has 0 aliphatic rings. The van der Waals surface area contributed by atoms with Crippen LogP contribution in [0.4, 0.5) is 13.2 Å². The summed E-state index contributed by atoms with van der Waals surface area (Å²) in [6.45, 7) is 6.78. The molecular weight excluding hydrogens is 382 g/mol. The van der Waals surface area contributed by atoms with E-state index in [2.05, 4.69) is 39.0 Å². The van der Waals surface area contributed by atoms with Gasteiger partial charge in [0.15, 0.2) is 0 Å². The van der Waals surface area contributed by atoms with Crippen LogP contribution in [0.5, 0.6) is 0 Å². The summed E-state index contributed by atoms with van der Waals surface area (Å²) in [4.78, 5) is 0. The van der Waals surface area contributed by atoms with Gasteiger partial charge in [-0.05, 0) is 0 Å². The first-order chi connectivity index (χ1) is 11.9. The molecule has 0 aliphatic carbocycles. The fourth-order valence-electron chi connectivity index (χ4n) is 3.42. The van der Waals surface area contributed by atoms with Crippen molar-refractivity contribution < 1.29 is 13.2 Å². The molecule has 0 atom stereocenters. The van der Waals surface area contributed by atoms with Crippen molar-refractivity contribution >= 4 is 23.7 Å². The molecule has 0 spiro atoms. The second-order valence-corrected chi connectivity index (χ2v) is 17.3. The summed E-state index contributed by atoms with van der Waals surface area (Å²) in [5.41, 5.74) is 1.46. The Bertz CT molecular complexity index is 688. The van der Waals surface area contributed by atoms with Crippen molar-refractivity contribution in [3.05, 3.63) is 71.3 Å². The van der Waals surface area contributed by atoms with Gasteiger partial charge in [0.25, 0.3) is 0 Å². The Morgan fingerprint density at radius 1 is 0.840 bits per heavy atom. The Balaban J connectivity index is 2.54. The van der Waals surface area contributed by atoms with E-state index in [1.165, 1.54) is 37.9 Å². The minimum atomic E-state index is -4.29. The molecule has 0 amide bonds. The number of rotatable bonds is 6. The van der Waals surface area contributed by atoms with Gasteiger partial charge in [-0.3, -0.25) is 0 Å². The van der Waals surface area contributed by atoms with Gasteiger partial charge >= 0.3 is 151 Å². The molecule has 0 aliphatic heterocycles. The summed E-state index contributed by atoms with van der Waals surface area (Å²) in [6, 6.07) is 15.8. The summed E-state index contributed by atoms with van der Waals surface area (Å²) in [5, 5.41) is 3.52. The fraction of sp³-hybridized carbons (Fsp3) is 0.333.